The van der Waals surface area contributed by atoms with Gasteiger partial charge in [-0.25, -0.2) is 14.6 Å². The molecule has 5 rings (SSSR count). The molecule has 0 saturated carbocycles. The summed E-state index contributed by atoms with van der Waals surface area (Å²) in [6.07, 6.45) is 6.53. The first-order valence-electron chi connectivity index (χ1n) is 12.1. The normalized spacial score (nSPS) is 11.4. The number of hydrogen-bond acceptors (Lipinski definition) is 7. The van der Waals surface area contributed by atoms with Crippen LogP contribution in [-0.2, 0) is 6.54 Å². The van der Waals surface area contributed by atoms with Crippen LogP contribution in [0.5, 0.6) is 11.5 Å². The van der Waals surface area contributed by atoms with Gasteiger partial charge in [0.05, 0.1) is 6.21 Å². The van der Waals surface area contributed by atoms with Crippen molar-refractivity contribution in [1.29, 1.82) is 0 Å². The van der Waals surface area contributed by atoms with Gasteiger partial charge in [0.2, 0.25) is 0 Å². The molecule has 5 aromatic rings. The van der Waals surface area contributed by atoms with Crippen molar-refractivity contribution in [2.45, 2.75) is 6.54 Å². The molecular weight excluding hydrogens is 501 g/mol. The van der Waals surface area contributed by atoms with E-state index in [0.717, 1.165) is 29.1 Å². The quantitative estimate of drug-likeness (QED) is 0.192. The second kappa shape index (κ2) is 11.5. The standard InChI is InChI=1S/C27H26FN9O2/c1-36(2)11-12-37-17-32-34-26(37)24-14-20(9-10-29-24)39-25-8-7-19(13-22(25)28)33-27(38)35-31-16-18-15-30-23-6-4-3-5-21(18)23/h3-10,13-17,30H,11-12H2,1-2H3,(H2,33,35,38)/b31-16+. The van der Waals surface area contributed by atoms with Crippen LogP contribution in [0.25, 0.3) is 22.4 Å². The summed E-state index contributed by atoms with van der Waals surface area (Å²) < 4.78 is 22.5. The number of amides is 2. The van der Waals surface area contributed by atoms with Crippen LogP contribution < -0.4 is 15.5 Å². The van der Waals surface area contributed by atoms with Gasteiger partial charge >= 0.3 is 6.03 Å². The summed E-state index contributed by atoms with van der Waals surface area (Å²) >= 11 is 0. The Balaban J connectivity index is 1.20. The van der Waals surface area contributed by atoms with E-state index < -0.39 is 11.8 Å². The summed E-state index contributed by atoms with van der Waals surface area (Å²) in [4.78, 5) is 21.8. The Morgan fingerprint density at radius 3 is 2.92 bits per heavy atom. The molecule has 3 heterocycles. The number of H-pyrrole nitrogens is 1. The number of halogens is 1. The highest BCUT2D eigenvalue weighted by atomic mass is 19.1. The molecule has 3 N–H and O–H groups in total. The summed E-state index contributed by atoms with van der Waals surface area (Å²) in [5, 5.41) is 15.6. The topological polar surface area (TPSA) is 125 Å². The predicted molar refractivity (Wildman–Crippen MR) is 146 cm³/mol. The summed E-state index contributed by atoms with van der Waals surface area (Å²) in [5.41, 5.74) is 4.96. The number of aromatic amines is 1. The lowest BCUT2D eigenvalue weighted by molar-refractivity contribution is 0.252. The van der Waals surface area contributed by atoms with E-state index in [1.165, 1.54) is 18.3 Å². The highest BCUT2D eigenvalue weighted by Gasteiger charge is 2.13. The van der Waals surface area contributed by atoms with Crippen LogP contribution in [0.1, 0.15) is 5.56 Å². The number of carbonyl (C=O) groups excluding carboxylic acids is 1. The molecule has 0 fully saturated rings. The van der Waals surface area contributed by atoms with E-state index in [4.69, 9.17) is 4.74 Å². The molecule has 0 atom stereocenters. The zero-order valence-corrected chi connectivity index (χ0v) is 21.3. The summed E-state index contributed by atoms with van der Waals surface area (Å²) in [6, 6.07) is 14.5. The van der Waals surface area contributed by atoms with E-state index in [1.54, 1.807) is 30.9 Å². The second-order valence-electron chi connectivity index (χ2n) is 8.89. The number of hydrazone groups is 1. The molecule has 0 saturated heterocycles. The molecule has 12 heteroatoms. The monoisotopic (exact) mass is 527 g/mol. The largest absolute Gasteiger partial charge is 0.454 e. The summed E-state index contributed by atoms with van der Waals surface area (Å²) in [7, 11) is 3.97. The first-order valence-corrected chi connectivity index (χ1v) is 12.1. The van der Waals surface area contributed by atoms with Gasteiger partial charge in [-0.2, -0.15) is 5.10 Å². The van der Waals surface area contributed by atoms with Crippen LogP contribution in [0.2, 0.25) is 0 Å². The van der Waals surface area contributed by atoms with E-state index in [9.17, 15) is 9.18 Å². The van der Waals surface area contributed by atoms with Crippen molar-refractivity contribution in [3.05, 3.63) is 84.7 Å². The van der Waals surface area contributed by atoms with Crippen LogP contribution in [0, 0.1) is 5.82 Å². The van der Waals surface area contributed by atoms with Crippen LogP contribution in [-0.4, -0.2) is 62.5 Å². The van der Waals surface area contributed by atoms with Gasteiger partial charge in [0, 0.05) is 59.8 Å². The lowest BCUT2D eigenvalue weighted by Crippen LogP contribution is -2.24. The van der Waals surface area contributed by atoms with Crippen LogP contribution in [0.4, 0.5) is 14.9 Å². The van der Waals surface area contributed by atoms with Gasteiger partial charge in [0.1, 0.15) is 17.8 Å². The number of para-hydroxylation sites is 1. The Bertz CT molecular complexity index is 1630. The fourth-order valence-electron chi connectivity index (χ4n) is 3.83. The van der Waals surface area contributed by atoms with Crippen molar-refractivity contribution in [2.24, 2.45) is 5.10 Å². The number of nitrogens with zero attached hydrogens (tertiary/aromatic N) is 6. The van der Waals surface area contributed by atoms with Crippen molar-refractivity contribution < 1.29 is 13.9 Å². The van der Waals surface area contributed by atoms with Crippen molar-refractivity contribution >= 4 is 28.8 Å². The van der Waals surface area contributed by atoms with E-state index >= 15 is 0 Å². The fraction of sp³-hybridized carbons (Fsp3) is 0.148. The van der Waals surface area contributed by atoms with E-state index in [-0.39, 0.29) is 11.4 Å². The maximum atomic E-state index is 14.8. The van der Waals surface area contributed by atoms with Crippen molar-refractivity contribution in [3.8, 4) is 23.0 Å². The highest BCUT2D eigenvalue weighted by molar-refractivity contribution is 5.99. The molecule has 0 radical (unpaired) electrons. The number of pyridine rings is 1. The number of fused-ring (bicyclic) bond motifs is 1. The molecule has 0 bridgehead atoms. The van der Waals surface area contributed by atoms with Gasteiger partial charge in [0.15, 0.2) is 17.4 Å². The third-order valence-electron chi connectivity index (χ3n) is 5.77. The Hall–Kier alpha value is -5.10. The number of ether oxygens (including phenoxy) is 1. The molecule has 11 nitrogen and oxygen atoms in total. The van der Waals surface area contributed by atoms with Gasteiger partial charge in [-0.05, 0) is 38.4 Å². The Morgan fingerprint density at radius 2 is 2.08 bits per heavy atom. The van der Waals surface area contributed by atoms with Gasteiger partial charge in [0.25, 0.3) is 0 Å². The van der Waals surface area contributed by atoms with Crippen molar-refractivity contribution in [1.82, 2.24) is 35.1 Å². The van der Waals surface area contributed by atoms with Crippen LogP contribution in [0.15, 0.2) is 78.4 Å². The molecule has 2 aromatic carbocycles. The fourth-order valence-corrected chi connectivity index (χ4v) is 3.83. The van der Waals surface area contributed by atoms with E-state index in [0.29, 0.717) is 23.8 Å². The molecule has 0 aliphatic heterocycles. The molecule has 0 aliphatic rings. The Labute approximate surface area is 223 Å². The first kappa shape index (κ1) is 25.5. The smallest absolute Gasteiger partial charge is 0.339 e. The lowest BCUT2D eigenvalue weighted by Gasteiger charge is -2.12. The number of carbonyl (C=O) groups is 1. The summed E-state index contributed by atoms with van der Waals surface area (Å²) in [5.74, 6) is 0.305. The van der Waals surface area contributed by atoms with Crippen molar-refractivity contribution in [2.75, 3.05) is 26.0 Å². The predicted octanol–water partition coefficient (Wildman–Crippen LogP) is 4.47. The first-order chi connectivity index (χ1) is 19.0. The molecule has 0 aliphatic carbocycles. The lowest BCUT2D eigenvalue weighted by atomic mass is 10.2. The third kappa shape index (κ3) is 6.25. The number of rotatable bonds is 9. The van der Waals surface area contributed by atoms with Gasteiger partial charge < -0.3 is 24.5 Å². The number of benzene rings is 2. The maximum absolute atomic E-state index is 14.8. The SMILES string of the molecule is CN(C)CCn1cnnc1-c1cc(Oc2ccc(NC(=O)N/N=C/c3c[nH]c4ccccc34)cc2F)ccn1. The van der Waals surface area contributed by atoms with Crippen LogP contribution in [0.3, 0.4) is 0 Å². The average molecular weight is 528 g/mol. The Kier molecular flexibility index (Phi) is 7.55. The van der Waals surface area contributed by atoms with Crippen molar-refractivity contribution in [3.63, 3.8) is 0 Å². The number of anilines is 1. The van der Waals surface area contributed by atoms with Gasteiger partial charge in [-0.1, -0.05) is 18.2 Å². The number of likely N-dealkylation sites (N-methyl/N-ethyl adjacent to an activating group) is 1. The molecule has 0 unspecified atom stereocenters. The Morgan fingerprint density at radius 1 is 1.21 bits per heavy atom. The van der Waals surface area contributed by atoms with E-state index in [1.807, 2.05) is 42.9 Å². The van der Waals surface area contributed by atoms with E-state index in [2.05, 4.69) is 40.9 Å². The zero-order chi connectivity index (χ0) is 27.2. The number of hydrogen-bond donors (Lipinski definition) is 3. The number of urea groups is 1. The third-order valence-corrected chi connectivity index (χ3v) is 5.77. The molecule has 2 amide bonds. The number of nitrogens with one attached hydrogen (secondary N) is 3. The molecule has 39 heavy (non-hydrogen) atoms. The minimum Gasteiger partial charge on any atom is -0.454 e. The van der Waals surface area contributed by atoms with Gasteiger partial charge in [-0.3, -0.25) is 4.98 Å². The minimum atomic E-state index is -0.650. The molecule has 0 spiro atoms. The second-order valence-corrected chi connectivity index (χ2v) is 8.89. The molecule has 198 valence electrons. The minimum absolute atomic E-state index is 0.00969. The molecular formula is C27H26FN9O2. The highest BCUT2D eigenvalue weighted by Crippen LogP contribution is 2.28. The summed E-state index contributed by atoms with van der Waals surface area (Å²) in [6.45, 7) is 1.49. The van der Waals surface area contributed by atoms with Gasteiger partial charge in [-0.15, -0.1) is 10.2 Å². The zero-order valence-electron chi connectivity index (χ0n) is 21.3. The maximum Gasteiger partial charge on any atom is 0.339 e. The number of aromatic nitrogens is 5. The molecule has 3 aromatic heterocycles. The average Bonchev–Trinajstić information content (AvgIpc) is 3.57. The van der Waals surface area contributed by atoms with Crippen LogP contribution >= 0.6 is 0 Å².